The average Bonchev–Trinajstić information content (AvgIpc) is 3.18. The fraction of sp³-hybridized carbons (Fsp3) is 0.111. The monoisotopic (exact) mass is 439 g/mol. The van der Waals surface area contributed by atoms with Crippen LogP contribution in [0.5, 0.6) is 0 Å². The molecule has 1 N–H and O–H groups in total. The van der Waals surface area contributed by atoms with Crippen LogP contribution in [0.1, 0.15) is 34.7 Å². The average molecular weight is 440 g/mol. The molecule has 1 unspecified atom stereocenters. The largest absolute Gasteiger partial charge is 0.342 e. The van der Waals surface area contributed by atoms with Crippen molar-refractivity contribution < 1.29 is 4.79 Å². The standard InChI is InChI=1S/C27H22ClN3O/c1-18(29-27(32)20-13-15-22(28)16-14-20)26-30-24-11-4-5-12-25(24)31(26)17-21-9-6-8-19-7-2-3-10-23(19)21/h2-16,18H,17H2,1H3,(H,29,32). The lowest BCUT2D eigenvalue weighted by molar-refractivity contribution is 0.0938. The lowest BCUT2D eigenvalue weighted by Crippen LogP contribution is -2.28. The lowest BCUT2D eigenvalue weighted by atomic mass is 10.0. The molecule has 0 fully saturated rings. The predicted octanol–water partition coefficient (Wildman–Crippen LogP) is 6.38. The van der Waals surface area contributed by atoms with Crippen LogP contribution in [-0.4, -0.2) is 15.5 Å². The first-order valence-corrected chi connectivity index (χ1v) is 11.0. The zero-order chi connectivity index (χ0) is 22.1. The molecule has 4 nitrogen and oxygen atoms in total. The summed E-state index contributed by atoms with van der Waals surface area (Å²) in [7, 11) is 0. The van der Waals surface area contributed by atoms with Crippen LogP contribution in [0.3, 0.4) is 0 Å². The highest BCUT2D eigenvalue weighted by molar-refractivity contribution is 6.30. The van der Waals surface area contributed by atoms with Gasteiger partial charge in [0, 0.05) is 10.6 Å². The highest BCUT2D eigenvalue weighted by Gasteiger charge is 2.19. The summed E-state index contributed by atoms with van der Waals surface area (Å²) in [6.07, 6.45) is 0. The SMILES string of the molecule is CC(NC(=O)c1ccc(Cl)cc1)c1nc2ccccc2n1Cc1cccc2ccccc12. The molecule has 0 bridgehead atoms. The van der Waals surface area contributed by atoms with E-state index in [1.54, 1.807) is 24.3 Å². The zero-order valence-corrected chi connectivity index (χ0v) is 18.4. The molecule has 5 aromatic rings. The van der Waals surface area contributed by atoms with E-state index in [0.29, 0.717) is 17.1 Å². The molecule has 5 heteroatoms. The van der Waals surface area contributed by atoms with E-state index in [0.717, 1.165) is 16.9 Å². The Morgan fingerprint density at radius 1 is 0.938 bits per heavy atom. The summed E-state index contributed by atoms with van der Waals surface area (Å²) < 4.78 is 2.20. The van der Waals surface area contributed by atoms with Gasteiger partial charge in [-0.2, -0.15) is 0 Å². The van der Waals surface area contributed by atoms with Crippen molar-refractivity contribution in [3.63, 3.8) is 0 Å². The molecule has 0 saturated carbocycles. The van der Waals surface area contributed by atoms with Crippen LogP contribution in [0, 0.1) is 0 Å². The van der Waals surface area contributed by atoms with Gasteiger partial charge in [-0.25, -0.2) is 4.98 Å². The maximum absolute atomic E-state index is 12.8. The number of amides is 1. The number of hydrogen-bond acceptors (Lipinski definition) is 2. The third-order valence-electron chi connectivity index (χ3n) is 5.73. The minimum absolute atomic E-state index is 0.155. The predicted molar refractivity (Wildman–Crippen MR) is 130 cm³/mol. The Morgan fingerprint density at radius 3 is 2.50 bits per heavy atom. The first kappa shape index (κ1) is 20.3. The number of hydrogen-bond donors (Lipinski definition) is 1. The summed E-state index contributed by atoms with van der Waals surface area (Å²) in [5.41, 5.74) is 3.74. The van der Waals surface area contributed by atoms with Gasteiger partial charge in [0.1, 0.15) is 5.82 Å². The second-order valence-corrected chi connectivity index (χ2v) is 8.32. The minimum Gasteiger partial charge on any atom is -0.342 e. The summed E-state index contributed by atoms with van der Waals surface area (Å²) in [5, 5.41) is 6.12. The van der Waals surface area contributed by atoms with E-state index < -0.39 is 0 Å². The van der Waals surface area contributed by atoms with Crippen LogP contribution in [0.4, 0.5) is 0 Å². The van der Waals surface area contributed by atoms with Gasteiger partial charge in [-0.3, -0.25) is 4.79 Å². The Kier molecular flexibility index (Phi) is 5.38. The summed E-state index contributed by atoms with van der Waals surface area (Å²) in [5.74, 6) is 0.666. The van der Waals surface area contributed by atoms with Crippen LogP contribution >= 0.6 is 11.6 Å². The first-order valence-electron chi connectivity index (χ1n) is 10.6. The van der Waals surface area contributed by atoms with Gasteiger partial charge < -0.3 is 9.88 Å². The number of imidazole rings is 1. The number of halogens is 1. The quantitative estimate of drug-likeness (QED) is 0.345. The van der Waals surface area contributed by atoms with E-state index in [-0.39, 0.29) is 11.9 Å². The molecular weight excluding hydrogens is 418 g/mol. The zero-order valence-electron chi connectivity index (χ0n) is 17.6. The van der Waals surface area contributed by atoms with Gasteiger partial charge in [-0.15, -0.1) is 0 Å². The minimum atomic E-state index is -0.277. The molecule has 32 heavy (non-hydrogen) atoms. The molecule has 1 heterocycles. The van der Waals surface area contributed by atoms with E-state index in [4.69, 9.17) is 16.6 Å². The summed E-state index contributed by atoms with van der Waals surface area (Å²) in [4.78, 5) is 17.7. The molecule has 0 aliphatic carbocycles. The number of para-hydroxylation sites is 2. The van der Waals surface area contributed by atoms with Gasteiger partial charge in [0.2, 0.25) is 0 Å². The molecular formula is C27H22ClN3O. The Balaban J connectivity index is 1.53. The number of carbonyl (C=O) groups excluding carboxylic acids is 1. The van der Waals surface area contributed by atoms with Crippen molar-refractivity contribution in [2.45, 2.75) is 19.5 Å². The van der Waals surface area contributed by atoms with Gasteiger partial charge in [0.15, 0.2) is 0 Å². The van der Waals surface area contributed by atoms with Crippen LogP contribution < -0.4 is 5.32 Å². The van der Waals surface area contributed by atoms with Crippen LogP contribution in [0.25, 0.3) is 21.8 Å². The van der Waals surface area contributed by atoms with Crippen molar-refractivity contribution in [3.8, 4) is 0 Å². The number of nitrogens with one attached hydrogen (secondary N) is 1. The normalized spacial score (nSPS) is 12.2. The summed E-state index contributed by atoms with van der Waals surface area (Å²) >= 11 is 5.96. The molecule has 1 atom stereocenters. The maximum atomic E-state index is 12.8. The Hall–Kier alpha value is -3.63. The molecule has 0 spiro atoms. The second kappa shape index (κ2) is 8.48. The number of rotatable bonds is 5. The second-order valence-electron chi connectivity index (χ2n) is 7.89. The molecule has 0 aliphatic rings. The number of aromatic nitrogens is 2. The fourth-order valence-electron chi connectivity index (χ4n) is 4.14. The van der Waals surface area contributed by atoms with Crippen LogP contribution in [-0.2, 0) is 6.54 Å². The molecule has 5 rings (SSSR count). The summed E-state index contributed by atoms with van der Waals surface area (Å²) in [6, 6.07) is 29.4. The van der Waals surface area contributed by atoms with Crippen molar-refractivity contribution in [1.29, 1.82) is 0 Å². The first-order chi connectivity index (χ1) is 15.6. The van der Waals surface area contributed by atoms with Crippen molar-refractivity contribution in [1.82, 2.24) is 14.9 Å². The number of fused-ring (bicyclic) bond motifs is 2. The third-order valence-corrected chi connectivity index (χ3v) is 5.99. The van der Waals surface area contributed by atoms with Gasteiger partial charge in [-0.1, -0.05) is 66.2 Å². The molecule has 1 aromatic heterocycles. The van der Waals surface area contributed by atoms with Crippen LogP contribution in [0.2, 0.25) is 5.02 Å². The Bertz CT molecular complexity index is 1420. The van der Waals surface area contributed by atoms with Crippen molar-refractivity contribution >= 4 is 39.3 Å². The van der Waals surface area contributed by atoms with Crippen molar-refractivity contribution in [2.24, 2.45) is 0 Å². The third kappa shape index (κ3) is 3.85. The fourth-order valence-corrected chi connectivity index (χ4v) is 4.26. The van der Waals surface area contributed by atoms with Crippen molar-refractivity contribution in [3.05, 3.63) is 113 Å². The summed E-state index contributed by atoms with van der Waals surface area (Å²) in [6.45, 7) is 2.63. The molecule has 0 aliphatic heterocycles. The van der Waals surface area contributed by atoms with Gasteiger partial charge in [-0.05, 0) is 59.7 Å². The Labute approximate surface area is 191 Å². The Morgan fingerprint density at radius 2 is 1.66 bits per heavy atom. The van der Waals surface area contributed by atoms with E-state index in [2.05, 4.69) is 58.4 Å². The molecule has 4 aromatic carbocycles. The topological polar surface area (TPSA) is 46.9 Å². The van der Waals surface area contributed by atoms with E-state index >= 15 is 0 Å². The highest BCUT2D eigenvalue weighted by Crippen LogP contribution is 2.26. The highest BCUT2D eigenvalue weighted by atomic mass is 35.5. The van der Waals surface area contributed by atoms with Crippen molar-refractivity contribution in [2.75, 3.05) is 0 Å². The van der Waals surface area contributed by atoms with E-state index in [1.807, 2.05) is 25.1 Å². The molecule has 0 radical (unpaired) electrons. The van der Waals surface area contributed by atoms with E-state index in [1.165, 1.54) is 16.3 Å². The molecule has 158 valence electrons. The number of carbonyl (C=O) groups is 1. The van der Waals surface area contributed by atoms with Crippen LogP contribution in [0.15, 0.2) is 91.0 Å². The maximum Gasteiger partial charge on any atom is 0.251 e. The molecule has 0 saturated heterocycles. The number of nitrogens with zero attached hydrogens (tertiary/aromatic N) is 2. The lowest BCUT2D eigenvalue weighted by Gasteiger charge is -2.17. The number of benzene rings is 4. The van der Waals surface area contributed by atoms with Gasteiger partial charge >= 0.3 is 0 Å². The van der Waals surface area contributed by atoms with Gasteiger partial charge in [0.25, 0.3) is 5.91 Å². The smallest absolute Gasteiger partial charge is 0.251 e. The van der Waals surface area contributed by atoms with Gasteiger partial charge in [0.05, 0.1) is 23.6 Å². The van der Waals surface area contributed by atoms with E-state index in [9.17, 15) is 4.79 Å². The molecule has 1 amide bonds.